The molecule has 1 fully saturated rings. The first-order chi connectivity index (χ1) is 18.2. The maximum Gasteiger partial charge on any atom is 0.410 e. The SMILES string of the molecule is Cc1nc(NC(=O)O)sc1S(=O)(=O)N1CCN(CC(C)Nc2ncnc3c(-c4cccnc4)csc23)CC1. The molecule has 0 aliphatic carbocycles. The van der Waals surface area contributed by atoms with E-state index in [-0.39, 0.29) is 21.1 Å². The first-order valence-electron chi connectivity index (χ1n) is 11.8. The molecular weight excluding hydrogens is 549 g/mol. The van der Waals surface area contributed by atoms with Crippen molar-refractivity contribution in [2.75, 3.05) is 43.4 Å². The highest BCUT2D eigenvalue weighted by Crippen LogP contribution is 2.35. The number of nitrogens with one attached hydrogen (secondary N) is 2. The number of pyridine rings is 1. The number of hydrogen-bond acceptors (Lipinski definition) is 11. The Kier molecular flexibility index (Phi) is 7.54. The third-order valence-corrected chi connectivity index (χ3v) is 10.6. The second-order valence-corrected chi connectivity index (χ2v) is 12.9. The molecule has 1 atom stereocenters. The van der Waals surface area contributed by atoms with E-state index < -0.39 is 16.1 Å². The van der Waals surface area contributed by atoms with Crippen LogP contribution in [0.1, 0.15) is 12.6 Å². The van der Waals surface area contributed by atoms with Crippen molar-refractivity contribution < 1.29 is 18.3 Å². The summed E-state index contributed by atoms with van der Waals surface area (Å²) in [7, 11) is -3.76. The number of carboxylic acid groups (broad SMARTS) is 1. The molecule has 5 rings (SSSR count). The number of nitrogens with zero attached hydrogens (tertiary/aromatic N) is 6. The number of piperazine rings is 1. The number of rotatable bonds is 8. The van der Waals surface area contributed by atoms with Crippen molar-refractivity contribution in [3.63, 3.8) is 0 Å². The number of thiophene rings is 1. The maximum atomic E-state index is 13.2. The first-order valence-corrected chi connectivity index (χ1v) is 14.9. The van der Waals surface area contributed by atoms with Crippen LogP contribution in [-0.4, -0.2) is 87.5 Å². The summed E-state index contributed by atoms with van der Waals surface area (Å²) in [5.74, 6) is 0.773. The fourth-order valence-electron chi connectivity index (χ4n) is 4.38. The Morgan fingerprint density at radius 1 is 1.24 bits per heavy atom. The van der Waals surface area contributed by atoms with Gasteiger partial charge in [0.15, 0.2) is 9.34 Å². The Bertz CT molecular complexity index is 1550. The van der Waals surface area contributed by atoms with Crippen LogP contribution >= 0.6 is 22.7 Å². The molecule has 15 heteroatoms. The number of aromatic nitrogens is 4. The number of sulfonamides is 1. The predicted octanol–water partition coefficient (Wildman–Crippen LogP) is 3.42. The molecule has 1 saturated heterocycles. The zero-order chi connectivity index (χ0) is 26.9. The van der Waals surface area contributed by atoms with Crippen LogP contribution in [0.5, 0.6) is 0 Å². The Morgan fingerprint density at radius 2 is 2.03 bits per heavy atom. The zero-order valence-electron chi connectivity index (χ0n) is 20.7. The summed E-state index contributed by atoms with van der Waals surface area (Å²) >= 11 is 2.42. The van der Waals surface area contributed by atoms with Gasteiger partial charge in [0, 0.05) is 67.7 Å². The molecule has 3 N–H and O–H groups in total. The predicted molar refractivity (Wildman–Crippen MR) is 147 cm³/mol. The number of anilines is 2. The average Bonchev–Trinajstić information content (AvgIpc) is 3.49. The summed E-state index contributed by atoms with van der Waals surface area (Å²) in [6.07, 6.45) is 3.84. The average molecular weight is 575 g/mol. The Hall–Kier alpha value is -3.24. The standard InChI is InChI=1S/C23H26N8O4S3/c1-14(27-20-19-18(25-13-26-20)17(12-36-19)16-4-3-5-24-10-16)11-30-6-8-31(9-7-30)38(34,35)21-15(2)28-22(37-21)29-23(32)33/h3-5,10,12-14H,6-9,11H2,1-2H3,(H,28,29)(H,32,33)(H,25,26,27). The quantitative estimate of drug-likeness (QED) is 0.285. The molecule has 0 aromatic carbocycles. The smallest absolute Gasteiger partial charge is 0.410 e. The molecule has 1 amide bonds. The molecular formula is C23H26N8O4S3. The van der Waals surface area contributed by atoms with Gasteiger partial charge in [0.05, 0.1) is 15.9 Å². The molecule has 1 aliphatic heterocycles. The van der Waals surface area contributed by atoms with Gasteiger partial charge in [0.25, 0.3) is 10.0 Å². The van der Waals surface area contributed by atoms with Crippen LogP contribution in [0.2, 0.25) is 0 Å². The van der Waals surface area contributed by atoms with E-state index in [1.54, 1.807) is 30.8 Å². The topological polar surface area (TPSA) is 154 Å². The molecule has 12 nitrogen and oxygen atoms in total. The van der Waals surface area contributed by atoms with Crippen molar-refractivity contribution in [3.8, 4) is 11.1 Å². The number of thiazole rings is 1. The molecule has 38 heavy (non-hydrogen) atoms. The fraction of sp³-hybridized carbons (Fsp3) is 0.348. The molecule has 1 unspecified atom stereocenters. The van der Waals surface area contributed by atoms with Crippen LogP contribution in [-0.2, 0) is 10.0 Å². The van der Waals surface area contributed by atoms with Crippen LogP contribution in [0.25, 0.3) is 21.3 Å². The van der Waals surface area contributed by atoms with Crippen LogP contribution in [0.4, 0.5) is 15.7 Å². The molecule has 5 heterocycles. The van der Waals surface area contributed by atoms with Crippen LogP contribution in [0.15, 0.2) is 40.4 Å². The molecule has 0 radical (unpaired) electrons. The highest BCUT2D eigenvalue weighted by atomic mass is 32.2. The minimum atomic E-state index is -3.76. The number of carbonyl (C=O) groups is 1. The van der Waals surface area contributed by atoms with E-state index in [1.165, 1.54) is 4.31 Å². The molecule has 200 valence electrons. The van der Waals surface area contributed by atoms with Crippen molar-refractivity contribution in [3.05, 3.63) is 41.9 Å². The van der Waals surface area contributed by atoms with Crippen LogP contribution < -0.4 is 10.6 Å². The Labute approximate surface area is 227 Å². The molecule has 0 saturated carbocycles. The minimum absolute atomic E-state index is 0.0456. The van der Waals surface area contributed by atoms with Crippen molar-refractivity contribution >= 4 is 60.0 Å². The lowest BCUT2D eigenvalue weighted by Gasteiger charge is -2.35. The first kappa shape index (κ1) is 26.4. The largest absolute Gasteiger partial charge is 0.465 e. The van der Waals surface area contributed by atoms with E-state index in [2.05, 4.69) is 47.8 Å². The van der Waals surface area contributed by atoms with E-state index >= 15 is 0 Å². The van der Waals surface area contributed by atoms with Crippen molar-refractivity contribution in [2.24, 2.45) is 0 Å². The van der Waals surface area contributed by atoms with E-state index in [0.29, 0.717) is 32.7 Å². The number of aryl methyl sites for hydroxylation is 1. The van der Waals surface area contributed by atoms with Gasteiger partial charge in [-0.25, -0.2) is 28.2 Å². The molecule has 0 spiro atoms. The summed E-state index contributed by atoms with van der Waals surface area (Å²) < 4.78 is 28.8. The second-order valence-electron chi connectivity index (χ2n) is 8.86. The third-order valence-electron chi connectivity index (χ3n) is 6.11. The highest BCUT2D eigenvalue weighted by Gasteiger charge is 2.32. The van der Waals surface area contributed by atoms with E-state index in [4.69, 9.17) is 5.11 Å². The lowest BCUT2D eigenvalue weighted by Crippen LogP contribution is -2.50. The van der Waals surface area contributed by atoms with Gasteiger partial charge in [-0.3, -0.25) is 15.2 Å². The van der Waals surface area contributed by atoms with E-state index in [1.807, 2.05) is 18.3 Å². The lowest BCUT2D eigenvalue weighted by atomic mass is 10.1. The number of fused-ring (bicyclic) bond motifs is 1. The molecule has 4 aromatic rings. The normalized spacial score (nSPS) is 15.9. The van der Waals surface area contributed by atoms with Gasteiger partial charge in [0.1, 0.15) is 12.1 Å². The van der Waals surface area contributed by atoms with Crippen LogP contribution in [0, 0.1) is 6.92 Å². The van der Waals surface area contributed by atoms with Gasteiger partial charge in [0.2, 0.25) is 0 Å². The molecule has 0 bridgehead atoms. The van der Waals surface area contributed by atoms with Gasteiger partial charge >= 0.3 is 6.09 Å². The van der Waals surface area contributed by atoms with E-state index in [0.717, 1.165) is 38.5 Å². The van der Waals surface area contributed by atoms with Gasteiger partial charge < -0.3 is 10.4 Å². The summed E-state index contributed by atoms with van der Waals surface area (Å²) in [4.78, 5) is 30.3. The summed E-state index contributed by atoms with van der Waals surface area (Å²) in [5.41, 5.74) is 3.20. The fourth-order valence-corrected chi connectivity index (χ4v) is 8.33. The van der Waals surface area contributed by atoms with Crippen molar-refractivity contribution in [1.29, 1.82) is 0 Å². The summed E-state index contributed by atoms with van der Waals surface area (Å²) in [6, 6.07) is 3.97. The number of amides is 1. The van der Waals surface area contributed by atoms with Gasteiger partial charge in [-0.05, 0) is 19.9 Å². The minimum Gasteiger partial charge on any atom is -0.465 e. The summed E-state index contributed by atoms with van der Waals surface area (Å²) in [5, 5.41) is 16.6. The molecule has 1 aliphatic rings. The maximum absolute atomic E-state index is 13.2. The monoisotopic (exact) mass is 574 g/mol. The third kappa shape index (κ3) is 5.47. The number of hydrogen-bond donors (Lipinski definition) is 3. The van der Waals surface area contributed by atoms with E-state index in [9.17, 15) is 13.2 Å². The lowest BCUT2D eigenvalue weighted by molar-refractivity contribution is 0.184. The van der Waals surface area contributed by atoms with Crippen LogP contribution in [0.3, 0.4) is 0 Å². The van der Waals surface area contributed by atoms with Crippen molar-refractivity contribution in [1.82, 2.24) is 29.1 Å². The Morgan fingerprint density at radius 3 is 2.74 bits per heavy atom. The highest BCUT2D eigenvalue weighted by molar-refractivity contribution is 7.91. The van der Waals surface area contributed by atoms with Gasteiger partial charge in [-0.15, -0.1) is 11.3 Å². The Balaban J connectivity index is 1.21. The molecule has 4 aromatic heterocycles. The van der Waals surface area contributed by atoms with Gasteiger partial charge in [-0.2, -0.15) is 4.31 Å². The summed E-state index contributed by atoms with van der Waals surface area (Å²) in [6.45, 7) is 6.18. The zero-order valence-corrected chi connectivity index (χ0v) is 23.1. The van der Waals surface area contributed by atoms with Crippen molar-refractivity contribution in [2.45, 2.75) is 24.1 Å². The second kappa shape index (κ2) is 10.9. The van der Waals surface area contributed by atoms with Gasteiger partial charge in [-0.1, -0.05) is 17.4 Å².